The molecule has 0 radical (unpaired) electrons. The Labute approximate surface area is 143 Å². The van der Waals surface area contributed by atoms with Crippen LogP contribution >= 0.6 is 0 Å². The number of amides is 2. The molecule has 134 valence electrons. The van der Waals surface area contributed by atoms with E-state index in [4.69, 9.17) is 4.42 Å². The highest BCUT2D eigenvalue weighted by Gasteiger charge is 2.20. The topological polar surface area (TPSA) is 80.6 Å². The molecule has 6 nitrogen and oxygen atoms in total. The van der Waals surface area contributed by atoms with Crippen LogP contribution in [-0.4, -0.2) is 24.5 Å². The minimum atomic E-state index is -2.89. The number of furan rings is 1. The lowest BCUT2D eigenvalue weighted by atomic mass is 10.1. The Balaban J connectivity index is 1.89. The molecule has 0 saturated carbocycles. The molecule has 8 heteroatoms. The highest BCUT2D eigenvalue weighted by Crippen LogP contribution is 2.19. The van der Waals surface area contributed by atoms with Gasteiger partial charge >= 0.3 is 6.61 Å². The summed E-state index contributed by atoms with van der Waals surface area (Å²) < 4.78 is 33.5. The van der Waals surface area contributed by atoms with Crippen molar-refractivity contribution >= 4 is 11.8 Å². The zero-order chi connectivity index (χ0) is 18.4. The SMILES string of the molecule is CC(NC(=O)c1ccco1)C(=O)NC(C)c1ccc(OC(F)F)cc1. The smallest absolute Gasteiger partial charge is 0.387 e. The first-order valence-electron chi connectivity index (χ1n) is 7.56. The number of hydrogen-bond acceptors (Lipinski definition) is 4. The molecule has 2 unspecified atom stereocenters. The summed E-state index contributed by atoms with van der Waals surface area (Å²) in [5, 5.41) is 5.26. The molecule has 2 rings (SSSR count). The molecule has 0 fully saturated rings. The molecule has 1 heterocycles. The fourth-order valence-corrected chi connectivity index (χ4v) is 2.10. The van der Waals surface area contributed by atoms with Crippen LogP contribution < -0.4 is 15.4 Å². The summed E-state index contributed by atoms with van der Waals surface area (Å²) in [5.74, 6) is -0.729. The van der Waals surface area contributed by atoms with Crippen LogP contribution in [-0.2, 0) is 4.79 Å². The van der Waals surface area contributed by atoms with E-state index >= 15 is 0 Å². The maximum absolute atomic E-state index is 12.2. The summed E-state index contributed by atoms with van der Waals surface area (Å²) in [6, 6.07) is 7.86. The second-order valence-electron chi connectivity index (χ2n) is 5.35. The zero-order valence-electron chi connectivity index (χ0n) is 13.7. The van der Waals surface area contributed by atoms with Crippen molar-refractivity contribution < 1.29 is 27.5 Å². The molecule has 0 aliphatic heterocycles. The monoisotopic (exact) mass is 352 g/mol. The number of nitrogens with one attached hydrogen (secondary N) is 2. The fraction of sp³-hybridized carbons (Fsp3) is 0.294. The molecule has 2 amide bonds. The summed E-state index contributed by atoms with van der Waals surface area (Å²) in [6.07, 6.45) is 1.36. The van der Waals surface area contributed by atoms with E-state index in [1.807, 2.05) is 0 Å². The molecule has 2 atom stereocenters. The predicted octanol–water partition coefficient (Wildman–Crippen LogP) is 2.88. The van der Waals surface area contributed by atoms with E-state index in [-0.39, 0.29) is 23.5 Å². The van der Waals surface area contributed by atoms with Gasteiger partial charge in [-0.1, -0.05) is 12.1 Å². The van der Waals surface area contributed by atoms with E-state index in [1.165, 1.54) is 24.5 Å². The lowest BCUT2D eigenvalue weighted by molar-refractivity contribution is -0.123. The first kappa shape index (κ1) is 18.4. The molecular weight excluding hydrogens is 334 g/mol. The Morgan fingerprint density at radius 3 is 2.32 bits per heavy atom. The van der Waals surface area contributed by atoms with Gasteiger partial charge in [0.1, 0.15) is 11.8 Å². The lowest BCUT2D eigenvalue weighted by Crippen LogP contribution is -2.45. The van der Waals surface area contributed by atoms with Crippen molar-refractivity contribution in [2.75, 3.05) is 0 Å². The molecule has 0 aliphatic carbocycles. The Bertz CT molecular complexity index is 702. The Kier molecular flexibility index (Phi) is 6.10. The second kappa shape index (κ2) is 8.27. The van der Waals surface area contributed by atoms with E-state index < -0.39 is 18.6 Å². The van der Waals surface area contributed by atoms with Crippen molar-refractivity contribution in [1.82, 2.24) is 10.6 Å². The van der Waals surface area contributed by atoms with Gasteiger partial charge in [-0.2, -0.15) is 8.78 Å². The van der Waals surface area contributed by atoms with Crippen LogP contribution in [0.1, 0.15) is 36.0 Å². The molecular formula is C17H18F2N2O4. The van der Waals surface area contributed by atoms with Gasteiger partial charge < -0.3 is 19.8 Å². The number of carbonyl (C=O) groups excluding carboxylic acids is 2. The van der Waals surface area contributed by atoms with E-state index in [0.29, 0.717) is 5.56 Å². The quantitative estimate of drug-likeness (QED) is 0.803. The number of alkyl halides is 2. The molecule has 0 aliphatic rings. The van der Waals surface area contributed by atoms with Gasteiger partial charge in [-0.25, -0.2) is 0 Å². The average Bonchev–Trinajstić information content (AvgIpc) is 3.09. The third kappa shape index (κ3) is 5.30. The van der Waals surface area contributed by atoms with Crippen LogP contribution in [0.3, 0.4) is 0 Å². The number of carbonyl (C=O) groups is 2. The molecule has 0 bridgehead atoms. The molecule has 0 spiro atoms. The van der Waals surface area contributed by atoms with E-state index in [0.717, 1.165) is 0 Å². The maximum Gasteiger partial charge on any atom is 0.387 e. The van der Waals surface area contributed by atoms with Gasteiger partial charge in [0.15, 0.2) is 5.76 Å². The third-order valence-corrected chi connectivity index (χ3v) is 3.45. The molecule has 2 aromatic rings. The molecule has 1 aromatic carbocycles. The normalized spacial score (nSPS) is 13.2. The van der Waals surface area contributed by atoms with Gasteiger partial charge in [0.2, 0.25) is 5.91 Å². The zero-order valence-corrected chi connectivity index (χ0v) is 13.7. The summed E-state index contributed by atoms with van der Waals surface area (Å²) >= 11 is 0. The standard InChI is InChI=1S/C17H18F2N2O4/c1-10(12-5-7-13(8-6-12)25-17(18)19)20-15(22)11(2)21-16(23)14-4-3-9-24-14/h3-11,17H,1-2H3,(H,20,22)(H,21,23). The molecule has 25 heavy (non-hydrogen) atoms. The summed E-state index contributed by atoms with van der Waals surface area (Å²) in [6.45, 7) is 0.395. The summed E-state index contributed by atoms with van der Waals surface area (Å²) in [4.78, 5) is 24.0. The summed E-state index contributed by atoms with van der Waals surface area (Å²) in [7, 11) is 0. The van der Waals surface area contributed by atoms with Crippen LogP contribution in [0, 0.1) is 0 Å². The number of hydrogen-bond donors (Lipinski definition) is 2. The minimum Gasteiger partial charge on any atom is -0.459 e. The first-order chi connectivity index (χ1) is 11.9. The molecule has 1 aromatic heterocycles. The Morgan fingerprint density at radius 1 is 1.08 bits per heavy atom. The van der Waals surface area contributed by atoms with Crippen LogP contribution in [0.15, 0.2) is 47.1 Å². The molecule has 0 saturated heterocycles. The highest BCUT2D eigenvalue weighted by atomic mass is 19.3. The van der Waals surface area contributed by atoms with Crippen molar-refractivity contribution in [3.8, 4) is 5.75 Å². The third-order valence-electron chi connectivity index (χ3n) is 3.45. The van der Waals surface area contributed by atoms with Crippen LogP contribution in [0.4, 0.5) is 8.78 Å². The fourth-order valence-electron chi connectivity index (χ4n) is 2.10. The number of rotatable bonds is 7. The largest absolute Gasteiger partial charge is 0.459 e. The van der Waals surface area contributed by atoms with E-state index in [1.54, 1.807) is 32.0 Å². The van der Waals surface area contributed by atoms with Crippen LogP contribution in [0.25, 0.3) is 0 Å². The average molecular weight is 352 g/mol. The van der Waals surface area contributed by atoms with Crippen molar-refractivity contribution in [2.45, 2.75) is 32.5 Å². The predicted molar refractivity (Wildman–Crippen MR) is 85.3 cm³/mol. The maximum atomic E-state index is 12.2. The van der Waals surface area contributed by atoms with Crippen molar-refractivity contribution in [1.29, 1.82) is 0 Å². The highest BCUT2D eigenvalue weighted by molar-refractivity contribution is 5.95. The van der Waals surface area contributed by atoms with E-state index in [9.17, 15) is 18.4 Å². The lowest BCUT2D eigenvalue weighted by Gasteiger charge is -2.18. The van der Waals surface area contributed by atoms with Crippen LogP contribution in [0.5, 0.6) is 5.75 Å². The van der Waals surface area contributed by atoms with Gasteiger partial charge in [0.05, 0.1) is 12.3 Å². The van der Waals surface area contributed by atoms with Gasteiger partial charge in [-0.05, 0) is 43.7 Å². The van der Waals surface area contributed by atoms with Crippen molar-refractivity contribution in [2.24, 2.45) is 0 Å². The number of benzene rings is 1. The van der Waals surface area contributed by atoms with Gasteiger partial charge in [0, 0.05) is 0 Å². The Hall–Kier alpha value is -2.90. The van der Waals surface area contributed by atoms with Gasteiger partial charge in [-0.15, -0.1) is 0 Å². The Morgan fingerprint density at radius 2 is 1.76 bits per heavy atom. The van der Waals surface area contributed by atoms with E-state index in [2.05, 4.69) is 15.4 Å². The van der Waals surface area contributed by atoms with Crippen LogP contribution in [0.2, 0.25) is 0 Å². The second-order valence-corrected chi connectivity index (χ2v) is 5.35. The molecule has 2 N–H and O–H groups in total. The van der Waals surface area contributed by atoms with Gasteiger partial charge in [0.25, 0.3) is 5.91 Å². The van der Waals surface area contributed by atoms with Gasteiger partial charge in [-0.3, -0.25) is 9.59 Å². The number of ether oxygens (including phenoxy) is 1. The summed E-state index contributed by atoms with van der Waals surface area (Å²) in [5.41, 5.74) is 0.708. The first-order valence-corrected chi connectivity index (χ1v) is 7.56. The minimum absolute atomic E-state index is 0.0383. The number of halogens is 2. The van der Waals surface area contributed by atoms with Crippen molar-refractivity contribution in [3.63, 3.8) is 0 Å². The van der Waals surface area contributed by atoms with Crippen molar-refractivity contribution in [3.05, 3.63) is 54.0 Å².